The first-order valence-corrected chi connectivity index (χ1v) is 6.59. The monoisotopic (exact) mass is 297 g/mol. The van der Waals surface area contributed by atoms with Crippen LogP contribution in [0.15, 0.2) is 36.8 Å². The van der Waals surface area contributed by atoms with Crippen LogP contribution in [0.1, 0.15) is 30.7 Å². The third kappa shape index (κ3) is 3.44. The number of nitrogens with zero attached hydrogens (tertiary/aromatic N) is 2. The van der Waals surface area contributed by atoms with Gasteiger partial charge in [-0.2, -0.15) is 13.2 Å². The number of hydrogen-bond donors (Lipinski definition) is 1. The van der Waals surface area contributed by atoms with E-state index in [1.54, 1.807) is 18.6 Å². The second-order valence-corrected chi connectivity index (χ2v) is 5.48. The van der Waals surface area contributed by atoms with Crippen LogP contribution in [-0.4, -0.2) is 16.6 Å². The first kappa shape index (κ1) is 15.6. The summed E-state index contributed by atoms with van der Waals surface area (Å²) in [6.45, 7) is 4.34. The molecule has 1 aromatic heterocycles. The Morgan fingerprint density at radius 1 is 1.24 bits per heavy atom. The predicted octanol–water partition coefficient (Wildman–Crippen LogP) is 3.40. The number of aromatic nitrogens is 2. The second-order valence-electron chi connectivity index (χ2n) is 5.48. The van der Waals surface area contributed by atoms with E-state index in [9.17, 15) is 13.2 Å². The van der Waals surface area contributed by atoms with E-state index in [-0.39, 0.29) is 5.54 Å². The smallest absolute Gasteiger partial charge is 0.328 e. The quantitative estimate of drug-likeness (QED) is 0.937. The summed E-state index contributed by atoms with van der Waals surface area (Å²) in [6.07, 6.45) is -0.961. The predicted molar refractivity (Wildman–Crippen MR) is 74.9 cm³/mol. The summed E-state index contributed by atoms with van der Waals surface area (Å²) >= 11 is 0. The van der Waals surface area contributed by atoms with E-state index in [4.69, 9.17) is 0 Å². The van der Waals surface area contributed by atoms with E-state index in [0.717, 1.165) is 11.8 Å². The molecule has 3 nitrogen and oxygen atoms in total. The summed E-state index contributed by atoms with van der Waals surface area (Å²) in [5.74, 6) is 0. The van der Waals surface area contributed by atoms with Crippen molar-refractivity contribution in [1.82, 2.24) is 14.9 Å². The molecule has 1 N–H and O–H groups in total. The van der Waals surface area contributed by atoms with Crippen LogP contribution in [-0.2, 0) is 18.3 Å². The molecule has 21 heavy (non-hydrogen) atoms. The van der Waals surface area contributed by atoms with Crippen molar-refractivity contribution in [3.05, 3.63) is 53.6 Å². The molecule has 0 atom stereocenters. The lowest BCUT2D eigenvalue weighted by Gasteiger charge is -2.25. The Kier molecular flexibility index (Phi) is 4.09. The van der Waals surface area contributed by atoms with Crippen LogP contribution in [0.4, 0.5) is 13.2 Å². The maximum atomic E-state index is 12.7. The maximum Gasteiger partial charge on any atom is 0.416 e. The van der Waals surface area contributed by atoms with Crippen LogP contribution >= 0.6 is 0 Å². The number of hydrogen-bond acceptors (Lipinski definition) is 2. The molecule has 0 fully saturated rings. The summed E-state index contributed by atoms with van der Waals surface area (Å²) in [4.78, 5) is 4.10. The van der Waals surface area contributed by atoms with E-state index >= 15 is 0 Å². The molecule has 0 saturated heterocycles. The van der Waals surface area contributed by atoms with Crippen molar-refractivity contribution in [1.29, 1.82) is 0 Å². The fourth-order valence-electron chi connectivity index (χ4n) is 2.14. The lowest BCUT2D eigenvalue weighted by atomic mass is 10.0. The highest BCUT2D eigenvalue weighted by molar-refractivity contribution is 5.26. The van der Waals surface area contributed by atoms with Gasteiger partial charge in [0.1, 0.15) is 0 Å². The molecule has 2 aromatic rings. The van der Waals surface area contributed by atoms with E-state index in [2.05, 4.69) is 10.3 Å². The zero-order chi connectivity index (χ0) is 15.7. The van der Waals surface area contributed by atoms with Gasteiger partial charge in [-0.05, 0) is 38.6 Å². The van der Waals surface area contributed by atoms with Gasteiger partial charge in [-0.3, -0.25) is 0 Å². The SMILES string of the molecule is CNC(C)(C)c1cncn1Cc1cccc(C(F)(F)F)c1. The Morgan fingerprint density at radius 3 is 2.57 bits per heavy atom. The Balaban J connectivity index is 2.30. The van der Waals surface area contributed by atoms with Crippen molar-refractivity contribution in [2.75, 3.05) is 7.05 Å². The molecule has 1 heterocycles. The molecule has 0 aliphatic rings. The molecular weight excluding hydrogens is 279 g/mol. The molecule has 0 saturated carbocycles. The van der Waals surface area contributed by atoms with Gasteiger partial charge in [0.05, 0.1) is 29.3 Å². The van der Waals surface area contributed by atoms with Crippen LogP contribution < -0.4 is 5.32 Å². The lowest BCUT2D eigenvalue weighted by Crippen LogP contribution is -2.35. The molecule has 114 valence electrons. The lowest BCUT2D eigenvalue weighted by molar-refractivity contribution is -0.137. The molecule has 0 aliphatic carbocycles. The van der Waals surface area contributed by atoms with Crippen LogP contribution in [0.3, 0.4) is 0 Å². The Morgan fingerprint density at radius 2 is 1.95 bits per heavy atom. The Hall–Kier alpha value is -1.82. The van der Waals surface area contributed by atoms with E-state index < -0.39 is 11.7 Å². The van der Waals surface area contributed by atoms with Crippen molar-refractivity contribution in [3.63, 3.8) is 0 Å². The van der Waals surface area contributed by atoms with Crippen molar-refractivity contribution in [2.24, 2.45) is 0 Å². The number of nitrogens with one attached hydrogen (secondary N) is 1. The molecule has 0 aliphatic heterocycles. The molecule has 6 heteroatoms. The molecule has 0 spiro atoms. The molecule has 1 aromatic carbocycles. The maximum absolute atomic E-state index is 12.7. The van der Waals surface area contributed by atoms with Crippen molar-refractivity contribution in [2.45, 2.75) is 32.1 Å². The number of rotatable bonds is 4. The van der Waals surface area contributed by atoms with E-state index in [0.29, 0.717) is 12.1 Å². The van der Waals surface area contributed by atoms with Crippen molar-refractivity contribution < 1.29 is 13.2 Å². The first-order valence-electron chi connectivity index (χ1n) is 6.59. The fraction of sp³-hybridized carbons (Fsp3) is 0.400. The largest absolute Gasteiger partial charge is 0.416 e. The van der Waals surface area contributed by atoms with E-state index in [1.807, 2.05) is 25.5 Å². The Labute approximate surface area is 121 Å². The van der Waals surface area contributed by atoms with Gasteiger partial charge in [0, 0.05) is 6.54 Å². The zero-order valence-electron chi connectivity index (χ0n) is 12.2. The van der Waals surface area contributed by atoms with Gasteiger partial charge in [0.25, 0.3) is 0 Å². The number of halogens is 3. The average molecular weight is 297 g/mol. The summed E-state index contributed by atoms with van der Waals surface area (Å²) in [5, 5.41) is 3.16. The third-order valence-electron chi connectivity index (χ3n) is 3.58. The first-order chi connectivity index (χ1) is 9.74. The molecule has 0 radical (unpaired) electrons. The van der Waals surface area contributed by atoms with Gasteiger partial charge in [-0.25, -0.2) is 4.98 Å². The molecular formula is C15H18F3N3. The van der Waals surface area contributed by atoms with Crippen molar-refractivity contribution in [3.8, 4) is 0 Å². The van der Waals surface area contributed by atoms with Crippen LogP contribution in [0, 0.1) is 0 Å². The highest BCUT2D eigenvalue weighted by atomic mass is 19.4. The number of alkyl halides is 3. The second kappa shape index (κ2) is 5.52. The highest BCUT2D eigenvalue weighted by Crippen LogP contribution is 2.30. The Bertz CT molecular complexity index is 615. The van der Waals surface area contributed by atoms with Crippen LogP contribution in [0.2, 0.25) is 0 Å². The average Bonchev–Trinajstić information content (AvgIpc) is 2.87. The van der Waals surface area contributed by atoms with Crippen molar-refractivity contribution >= 4 is 0 Å². The number of benzene rings is 1. The van der Waals surface area contributed by atoms with Gasteiger partial charge < -0.3 is 9.88 Å². The summed E-state index contributed by atoms with van der Waals surface area (Å²) in [7, 11) is 1.83. The summed E-state index contributed by atoms with van der Waals surface area (Å²) in [6, 6.07) is 5.37. The van der Waals surface area contributed by atoms with Gasteiger partial charge in [0.15, 0.2) is 0 Å². The summed E-state index contributed by atoms with van der Waals surface area (Å²) in [5.41, 5.74) is 0.575. The number of imidazole rings is 1. The van der Waals surface area contributed by atoms with Gasteiger partial charge in [-0.1, -0.05) is 12.1 Å². The third-order valence-corrected chi connectivity index (χ3v) is 3.58. The normalized spacial score (nSPS) is 12.7. The molecule has 2 rings (SSSR count). The minimum atomic E-state index is -4.32. The van der Waals surface area contributed by atoms with Gasteiger partial charge in [0.2, 0.25) is 0 Å². The minimum absolute atomic E-state index is 0.307. The van der Waals surface area contributed by atoms with E-state index in [1.165, 1.54) is 12.1 Å². The highest BCUT2D eigenvalue weighted by Gasteiger charge is 2.30. The standard InChI is InChI=1S/C15H18F3N3/c1-14(2,19-3)13-8-20-10-21(13)9-11-5-4-6-12(7-11)15(16,17)18/h4-8,10,19H,9H2,1-3H3. The molecule has 0 unspecified atom stereocenters. The van der Waals surface area contributed by atoms with Crippen LogP contribution in [0.5, 0.6) is 0 Å². The minimum Gasteiger partial charge on any atom is -0.328 e. The fourth-order valence-corrected chi connectivity index (χ4v) is 2.14. The van der Waals surface area contributed by atoms with Crippen LogP contribution in [0.25, 0.3) is 0 Å². The zero-order valence-corrected chi connectivity index (χ0v) is 12.2. The summed E-state index contributed by atoms with van der Waals surface area (Å²) < 4.78 is 40.1. The molecule has 0 bridgehead atoms. The molecule has 0 amide bonds. The topological polar surface area (TPSA) is 29.9 Å². The van der Waals surface area contributed by atoms with Gasteiger partial charge in [-0.15, -0.1) is 0 Å². The van der Waals surface area contributed by atoms with Gasteiger partial charge >= 0.3 is 6.18 Å².